The topological polar surface area (TPSA) is 66.3 Å². The van der Waals surface area contributed by atoms with E-state index in [-0.39, 0.29) is 37.0 Å². The molecule has 10 heteroatoms. The molecule has 1 saturated heterocycles. The number of pyridine rings is 1. The highest BCUT2D eigenvalue weighted by molar-refractivity contribution is 6.01. The van der Waals surface area contributed by atoms with Gasteiger partial charge in [-0.2, -0.15) is 18.3 Å². The van der Waals surface area contributed by atoms with Crippen molar-refractivity contribution >= 4 is 22.6 Å². The average molecular weight is 729 g/mol. The number of nitrogens with zero attached hydrogens (tertiary/aromatic N) is 5. The van der Waals surface area contributed by atoms with Crippen LogP contribution in [-0.2, 0) is 12.1 Å². The Labute approximate surface area is 313 Å². The number of hydrogen-bond donors (Lipinski definition) is 1. The number of carbonyl (C=O) groups is 1. The summed E-state index contributed by atoms with van der Waals surface area (Å²) in [4.78, 5) is 21.7. The van der Waals surface area contributed by atoms with Gasteiger partial charge in [-0.15, -0.1) is 0 Å². The Morgan fingerprint density at radius 2 is 1.39 bits per heavy atom. The number of fused-ring (bicyclic) bond motifs is 2. The lowest BCUT2D eigenvalue weighted by Crippen LogP contribution is -2.51. The number of likely N-dealkylation sites (tertiary alicyclic amines) is 1. The molecule has 0 spiro atoms. The van der Waals surface area contributed by atoms with Gasteiger partial charge in [0.1, 0.15) is 11.2 Å². The molecule has 0 saturated carbocycles. The molecular weight excluding hydrogens is 686 g/mol. The van der Waals surface area contributed by atoms with Crippen molar-refractivity contribution in [3.63, 3.8) is 0 Å². The number of halogens is 3. The summed E-state index contributed by atoms with van der Waals surface area (Å²) in [5.41, 5.74) is 6.64. The fourth-order valence-corrected chi connectivity index (χ4v) is 8.65. The molecule has 6 aromatic rings. The smallest absolute Gasteiger partial charge is 0.316 e. The van der Waals surface area contributed by atoms with E-state index >= 15 is 0 Å². The fraction of sp³-hybridized carbons (Fsp3) is 0.295. The lowest BCUT2D eigenvalue weighted by Gasteiger charge is -2.40. The number of amides is 2. The lowest BCUT2D eigenvalue weighted by atomic mass is 9.77. The highest BCUT2D eigenvalue weighted by Gasteiger charge is 2.48. The van der Waals surface area contributed by atoms with Crippen molar-refractivity contribution in [2.75, 3.05) is 25.0 Å². The summed E-state index contributed by atoms with van der Waals surface area (Å²) >= 11 is 0. The first-order valence-corrected chi connectivity index (χ1v) is 18.4. The molecule has 0 bridgehead atoms. The number of hydrogen-bond acceptors (Lipinski definition) is 4. The molecule has 8 rings (SSSR count). The average Bonchev–Trinajstić information content (AvgIpc) is 3.73. The number of nitrogens with one attached hydrogen (secondary N) is 1. The van der Waals surface area contributed by atoms with Crippen molar-refractivity contribution in [1.82, 2.24) is 24.6 Å². The molecule has 1 fully saturated rings. The first-order valence-electron chi connectivity index (χ1n) is 18.4. The highest BCUT2D eigenvalue weighted by atomic mass is 19.4. The minimum absolute atomic E-state index is 0.152. The predicted octanol–water partition coefficient (Wildman–Crippen LogP) is 9.50. The van der Waals surface area contributed by atoms with Crippen LogP contribution in [0.1, 0.15) is 48.7 Å². The van der Waals surface area contributed by atoms with Crippen LogP contribution >= 0.6 is 0 Å². The van der Waals surface area contributed by atoms with Crippen LogP contribution in [0.25, 0.3) is 22.2 Å². The van der Waals surface area contributed by atoms with Gasteiger partial charge in [0.05, 0.1) is 18.1 Å². The SMILES string of the molecule is Cc1cc(-c2nn(C(c3ccccc3)(c3ccccc3)c3ccccc3)c3cc4c(cc23)CN(C2CN(CC(F)(F)F)CC2C(C)(C)C)C(=O)N4)ccn1. The number of anilines is 1. The molecule has 4 heterocycles. The molecule has 7 nitrogen and oxygen atoms in total. The Hall–Kier alpha value is -5.48. The minimum atomic E-state index is -4.32. The Morgan fingerprint density at radius 3 is 1.93 bits per heavy atom. The number of benzene rings is 4. The van der Waals surface area contributed by atoms with Crippen LogP contribution in [0.3, 0.4) is 0 Å². The van der Waals surface area contributed by atoms with E-state index < -0.39 is 24.3 Å². The van der Waals surface area contributed by atoms with Crippen LogP contribution in [-0.4, -0.2) is 62.4 Å². The molecule has 2 atom stereocenters. The van der Waals surface area contributed by atoms with Gasteiger partial charge >= 0.3 is 12.2 Å². The molecule has 2 unspecified atom stereocenters. The Balaban J connectivity index is 1.35. The normalized spacial score (nSPS) is 18.2. The first kappa shape index (κ1) is 35.5. The third kappa shape index (κ3) is 6.32. The molecule has 2 aliphatic heterocycles. The molecule has 2 amide bonds. The molecule has 2 aromatic heterocycles. The van der Waals surface area contributed by atoms with E-state index in [4.69, 9.17) is 5.10 Å². The molecule has 1 N–H and O–H groups in total. The maximum absolute atomic E-state index is 14.1. The van der Waals surface area contributed by atoms with Crippen LogP contribution in [0, 0.1) is 18.3 Å². The summed E-state index contributed by atoms with van der Waals surface area (Å²) in [6.07, 6.45) is -2.54. The molecular formula is C44H43F3N6O. The van der Waals surface area contributed by atoms with Crippen LogP contribution in [0.2, 0.25) is 0 Å². The number of alkyl halides is 3. The zero-order valence-corrected chi connectivity index (χ0v) is 30.8. The van der Waals surface area contributed by atoms with Crippen molar-refractivity contribution in [3.05, 3.63) is 149 Å². The van der Waals surface area contributed by atoms with Crippen molar-refractivity contribution in [2.45, 2.75) is 52.0 Å². The second kappa shape index (κ2) is 13.4. The van der Waals surface area contributed by atoms with Crippen LogP contribution in [0.15, 0.2) is 121 Å². The van der Waals surface area contributed by atoms with Crippen LogP contribution < -0.4 is 5.32 Å². The standard InChI is InChI=1S/C44H43F3N6O/c1-29-22-30(20-21-48-29)40-35-23-31-25-52(39-27-51(28-43(45,46)47)26-36(39)42(2,3)4)41(54)49-37(31)24-38(35)53(50-40)44(32-14-8-5-9-15-32,33-16-10-6-11-17-33)34-18-12-7-13-19-34/h5-24,36,39H,25-28H2,1-4H3,(H,49,54). The molecule has 276 valence electrons. The zero-order valence-electron chi connectivity index (χ0n) is 30.8. The number of rotatable bonds is 7. The summed E-state index contributed by atoms with van der Waals surface area (Å²) in [6.45, 7) is 7.75. The van der Waals surface area contributed by atoms with Crippen molar-refractivity contribution in [2.24, 2.45) is 11.3 Å². The maximum Gasteiger partial charge on any atom is 0.401 e. The fourth-order valence-electron chi connectivity index (χ4n) is 8.65. The van der Waals surface area contributed by atoms with Gasteiger partial charge in [-0.3, -0.25) is 9.88 Å². The van der Waals surface area contributed by atoms with E-state index in [2.05, 4.69) is 57.4 Å². The lowest BCUT2D eigenvalue weighted by molar-refractivity contribution is -0.144. The van der Waals surface area contributed by atoms with Crippen molar-refractivity contribution in [3.8, 4) is 11.3 Å². The van der Waals surface area contributed by atoms with E-state index in [1.165, 1.54) is 4.90 Å². The van der Waals surface area contributed by atoms with Crippen LogP contribution in [0.5, 0.6) is 0 Å². The predicted molar refractivity (Wildman–Crippen MR) is 206 cm³/mol. The number of carbonyl (C=O) groups excluding carboxylic acids is 1. The van der Waals surface area contributed by atoms with Gasteiger partial charge in [0, 0.05) is 48.2 Å². The second-order valence-corrected chi connectivity index (χ2v) is 15.7. The quantitative estimate of drug-likeness (QED) is 0.166. The molecule has 54 heavy (non-hydrogen) atoms. The van der Waals surface area contributed by atoms with Gasteiger partial charge in [0.25, 0.3) is 0 Å². The highest BCUT2D eigenvalue weighted by Crippen LogP contribution is 2.46. The van der Waals surface area contributed by atoms with Gasteiger partial charge in [0.15, 0.2) is 0 Å². The van der Waals surface area contributed by atoms with Gasteiger partial charge in [-0.05, 0) is 64.8 Å². The van der Waals surface area contributed by atoms with Crippen molar-refractivity contribution < 1.29 is 18.0 Å². The largest absolute Gasteiger partial charge is 0.401 e. The Morgan fingerprint density at radius 1 is 0.796 bits per heavy atom. The monoisotopic (exact) mass is 728 g/mol. The van der Waals surface area contributed by atoms with E-state index in [0.29, 0.717) is 5.69 Å². The molecule has 2 aliphatic rings. The van der Waals surface area contributed by atoms with E-state index in [9.17, 15) is 18.0 Å². The van der Waals surface area contributed by atoms with E-state index in [0.717, 1.165) is 50.1 Å². The summed E-state index contributed by atoms with van der Waals surface area (Å²) in [5, 5.41) is 9.58. The summed E-state index contributed by atoms with van der Waals surface area (Å²) in [6, 6.07) is 38.4. The number of aromatic nitrogens is 3. The molecule has 4 aromatic carbocycles. The van der Waals surface area contributed by atoms with Gasteiger partial charge < -0.3 is 10.2 Å². The summed E-state index contributed by atoms with van der Waals surface area (Å²) < 4.78 is 42.9. The van der Waals surface area contributed by atoms with E-state index in [1.54, 1.807) is 11.1 Å². The van der Waals surface area contributed by atoms with Crippen molar-refractivity contribution in [1.29, 1.82) is 0 Å². The first-order chi connectivity index (χ1) is 25.8. The minimum Gasteiger partial charge on any atom is -0.316 e. The van der Waals surface area contributed by atoms with Gasteiger partial charge in [0.2, 0.25) is 0 Å². The van der Waals surface area contributed by atoms with Gasteiger partial charge in [-0.1, -0.05) is 112 Å². The molecule has 0 radical (unpaired) electrons. The van der Waals surface area contributed by atoms with E-state index in [1.807, 2.05) is 100 Å². The Bertz CT molecular complexity index is 2200. The van der Waals surface area contributed by atoms with Gasteiger partial charge in [-0.25, -0.2) is 9.48 Å². The maximum atomic E-state index is 14.1. The summed E-state index contributed by atoms with van der Waals surface area (Å²) in [5.74, 6) is -0.155. The second-order valence-electron chi connectivity index (χ2n) is 15.7. The number of urea groups is 1. The third-order valence-corrected chi connectivity index (χ3v) is 11.1. The zero-order chi connectivity index (χ0) is 37.8. The van der Waals surface area contributed by atoms with Crippen LogP contribution in [0.4, 0.5) is 23.7 Å². The summed E-state index contributed by atoms with van der Waals surface area (Å²) in [7, 11) is 0. The Kier molecular flexibility index (Phi) is 8.84. The molecule has 0 aliphatic carbocycles. The number of aryl methyl sites for hydroxylation is 1. The third-order valence-electron chi connectivity index (χ3n) is 11.1.